The van der Waals surface area contributed by atoms with Crippen molar-refractivity contribution in [3.63, 3.8) is 0 Å². The molecule has 35 heavy (non-hydrogen) atoms. The second-order valence-electron chi connectivity index (χ2n) is 7.92. The lowest BCUT2D eigenvalue weighted by atomic mass is 10.2. The standard InChI is InChI=1S/C23H20N8O4/c32-21(13-28-14-25-19-3-1-2-4-20(19)28)24-9-10-30-22-18(11-27-30)23(33)29(15-26-22)12-16-5-7-17(8-6-16)31(34)35/h1-8,11,14-15H,9-10,12-13H2,(H,24,32). The van der Waals surface area contributed by atoms with Gasteiger partial charge in [-0.2, -0.15) is 5.10 Å². The van der Waals surface area contributed by atoms with Gasteiger partial charge in [0.1, 0.15) is 18.3 Å². The first kappa shape index (κ1) is 21.9. The minimum Gasteiger partial charge on any atom is -0.353 e. The van der Waals surface area contributed by atoms with Gasteiger partial charge in [0.05, 0.1) is 41.6 Å². The van der Waals surface area contributed by atoms with Crippen LogP contribution in [0.5, 0.6) is 0 Å². The number of fused-ring (bicyclic) bond motifs is 2. The van der Waals surface area contributed by atoms with Crippen LogP contribution in [-0.4, -0.2) is 46.3 Å². The Bertz CT molecular complexity index is 1600. The molecule has 12 nitrogen and oxygen atoms in total. The molecule has 0 saturated heterocycles. The van der Waals surface area contributed by atoms with Crippen LogP contribution < -0.4 is 10.9 Å². The maximum Gasteiger partial charge on any atom is 0.269 e. The molecule has 5 rings (SSSR count). The Balaban J connectivity index is 1.22. The molecule has 0 spiro atoms. The second-order valence-corrected chi connectivity index (χ2v) is 7.92. The van der Waals surface area contributed by atoms with Crippen LogP contribution in [0.4, 0.5) is 5.69 Å². The number of nitro benzene ring substituents is 1. The summed E-state index contributed by atoms with van der Waals surface area (Å²) in [5, 5.41) is 18.3. The van der Waals surface area contributed by atoms with Crippen LogP contribution in [0.1, 0.15) is 5.56 Å². The molecule has 0 saturated carbocycles. The summed E-state index contributed by atoms with van der Waals surface area (Å²) in [6, 6.07) is 13.6. The van der Waals surface area contributed by atoms with Gasteiger partial charge in [0.2, 0.25) is 5.91 Å². The van der Waals surface area contributed by atoms with Gasteiger partial charge in [0.25, 0.3) is 11.2 Å². The molecule has 0 fully saturated rings. The number of nitro groups is 1. The third-order valence-corrected chi connectivity index (χ3v) is 5.61. The third-order valence-electron chi connectivity index (χ3n) is 5.61. The van der Waals surface area contributed by atoms with Crippen LogP contribution in [0.15, 0.2) is 72.2 Å². The zero-order valence-corrected chi connectivity index (χ0v) is 18.4. The number of hydrogen-bond acceptors (Lipinski definition) is 7. The van der Waals surface area contributed by atoms with Crippen molar-refractivity contribution in [3.8, 4) is 0 Å². The van der Waals surface area contributed by atoms with E-state index in [2.05, 4.69) is 20.4 Å². The Kier molecular flexibility index (Phi) is 5.75. The lowest BCUT2D eigenvalue weighted by molar-refractivity contribution is -0.384. The van der Waals surface area contributed by atoms with E-state index in [0.717, 1.165) is 16.6 Å². The van der Waals surface area contributed by atoms with E-state index in [9.17, 15) is 19.7 Å². The predicted molar refractivity (Wildman–Crippen MR) is 127 cm³/mol. The molecule has 0 atom stereocenters. The number of rotatable bonds is 8. The van der Waals surface area contributed by atoms with E-state index < -0.39 is 4.92 Å². The van der Waals surface area contributed by atoms with Gasteiger partial charge in [0.15, 0.2) is 5.65 Å². The Labute approximate surface area is 197 Å². The molecule has 0 unspecified atom stereocenters. The molecule has 0 radical (unpaired) electrons. The van der Waals surface area contributed by atoms with Gasteiger partial charge in [-0.1, -0.05) is 24.3 Å². The van der Waals surface area contributed by atoms with Crippen LogP contribution in [0.25, 0.3) is 22.1 Å². The molecule has 0 aliphatic rings. The topological polar surface area (TPSA) is 143 Å². The van der Waals surface area contributed by atoms with Gasteiger partial charge in [-0.15, -0.1) is 0 Å². The normalized spacial score (nSPS) is 11.2. The zero-order chi connectivity index (χ0) is 24.4. The number of benzene rings is 2. The lowest BCUT2D eigenvalue weighted by Gasteiger charge is -2.08. The van der Waals surface area contributed by atoms with Crippen molar-refractivity contribution in [1.82, 2.24) is 34.2 Å². The van der Waals surface area contributed by atoms with Gasteiger partial charge < -0.3 is 9.88 Å². The van der Waals surface area contributed by atoms with Crippen molar-refractivity contribution in [2.24, 2.45) is 0 Å². The number of amides is 1. The highest BCUT2D eigenvalue weighted by Crippen LogP contribution is 2.13. The van der Waals surface area contributed by atoms with E-state index in [-0.39, 0.29) is 30.2 Å². The fourth-order valence-electron chi connectivity index (χ4n) is 3.84. The number of nitrogens with zero attached hydrogens (tertiary/aromatic N) is 7. The maximum absolute atomic E-state index is 12.9. The summed E-state index contributed by atoms with van der Waals surface area (Å²) < 4.78 is 4.77. The van der Waals surface area contributed by atoms with E-state index in [4.69, 9.17) is 0 Å². The van der Waals surface area contributed by atoms with E-state index in [1.54, 1.807) is 27.7 Å². The molecule has 0 aliphatic carbocycles. The van der Waals surface area contributed by atoms with Gasteiger partial charge in [0, 0.05) is 18.7 Å². The van der Waals surface area contributed by atoms with Gasteiger partial charge in [-0.05, 0) is 17.7 Å². The van der Waals surface area contributed by atoms with Crippen molar-refractivity contribution in [2.45, 2.75) is 19.6 Å². The van der Waals surface area contributed by atoms with Crippen LogP contribution in [-0.2, 0) is 24.4 Å². The molecule has 0 aliphatic heterocycles. The highest BCUT2D eigenvalue weighted by Gasteiger charge is 2.12. The van der Waals surface area contributed by atoms with Crippen molar-refractivity contribution < 1.29 is 9.72 Å². The zero-order valence-electron chi connectivity index (χ0n) is 18.4. The molecular weight excluding hydrogens is 452 g/mol. The average molecular weight is 472 g/mol. The summed E-state index contributed by atoms with van der Waals surface area (Å²) in [7, 11) is 0. The quantitative estimate of drug-likeness (QED) is 0.267. The second kappa shape index (κ2) is 9.17. The molecule has 2 aromatic carbocycles. The summed E-state index contributed by atoms with van der Waals surface area (Å²) in [6.07, 6.45) is 4.51. The van der Waals surface area contributed by atoms with Crippen LogP contribution in [0, 0.1) is 10.1 Å². The minimum absolute atomic E-state index is 0.0126. The monoisotopic (exact) mass is 472 g/mol. The molecule has 5 aromatic rings. The molecular formula is C23H20N8O4. The van der Waals surface area contributed by atoms with E-state index in [1.807, 2.05) is 24.3 Å². The van der Waals surface area contributed by atoms with Gasteiger partial charge in [-0.3, -0.25) is 24.3 Å². The lowest BCUT2D eigenvalue weighted by Crippen LogP contribution is -2.30. The summed E-state index contributed by atoms with van der Waals surface area (Å²) >= 11 is 0. The molecule has 3 aromatic heterocycles. The smallest absolute Gasteiger partial charge is 0.269 e. The number of carbonyl (C=O) groups excluding carboxylic acids is 1. The summed E-state index contributed by atoms with van der Waals surface area (Å²) in [6.45, 7) is 1.03. The fourth-order valence-corrected chi connectivity index (χ4v) is 3.84. The van der Waals surface area contributed by atoms with Crippen LogP contribution in [0.2, 0.25) is 0 Å². The number of para-hydroxylation sites is 2. The summed E-state index contributed by atoms with van der Waals surface area (Å²) in [5.74, 6) is -0.164. The number of hydrogen-bond donors (Lipinski definition) is 1. The van der Waals surface area contributed by atoms with Crippen molar-refractivity contribution in [3.05, 3.63) is 93.4 Å². The highest BCUT2D eigenvalue weighted by atomic mass is 16.6. The molecule has 0 bridgehead atoms. The van der Waals surface area contributed by atoms with E-state index in [0.29, 0.717) is 24.1 Å². The van der Waals surface area contributed by atoms with E-state index >= 15 is 0 Å². The molecule has 1 N–H and O–H groups in total. The average Bonchev–Trinajstić information content (AvgIpc) is 3.46. The Morgan fingerprint density at radius 1 is 1.03 bits per heavy atom. The Morgan fingerprint density at radius 3 is 2.60 bits per heavy atom. The molecule has 1 amide bonds. The van der Waals surface area contributed by atoms with Crippen LogP contribution >= 0.6 is 0 Å². The van der Waals surface area contributed by atoms with E-state index in [1.165, 1.54) is 29.2 Å². The van der Waals surface area contributed by atoms with Crippen molar-refractivity contribution in [2.75, 3.05) is 6.54 Å². The highest BCUT2D eigenvalue weighted by molar-refractivity contribution is 5.80. The number of aromatic nitrogens is 6. The van der Waals surface area contributed by atoms with Gasteiger partial charge in [-0.25, -0.2) is 14.6 Å². The number of nitrogens with one attached hydrogen (secondary N) is 1. The Morgan fingerprint density at radius 2 is 1.80 bits per heavy atom. The SMILES string of the molecule is O=C(Cn1cnc2ccccc21)NCCn1ncc2c(=O)n(Cc3ccc([N+](=O)[O-])cc3)cnc21. The molecule has 176 valence electrons. The minimum atomic E-state index is -0.472. The van der Waals surface area contributed by atoms with Crippen molar-refractivity contribution >= 4 is 33.7 Å². The van der Waals surface area contributed by atoms with Crippen LogP contribution in [0.3, 0.4) is 0 Å². The number of imidazole rings is 1. The fraction of sp³-hybridized carbons (Fsp3) is 0.174. The number of carbonyl (C=O) groups is 1. The summed E-state index contributed by atoms with van der Waals surface area (Å²) in [5.41, 5.74) is 2.59. The summed E-state index contributed by atoms with van der Waals surface area (Å²) in [4.78, 5) is 44.2. The first-order chi connectivity index (χ1) is 17.0. The first-order valence-electron chi connectivity index (χ1n) is 10.8. The third kappa shape index (κ3) is 4.49. The Hall–Kier alpha value is -4.87. The number of non-ortho nitro benzene ring substituents is 1. The maximum atomic E-state index is 12.9. The first-order valence-corrected chi connectivity index (χ1v) is 10.8. The molecule has 12 heteroatoms. The van der Waals surface area contributed by atoms with Crippen molar-refractivity contribution in [1.29, 1.82) is 0 Å². The largest absolute Gasteiger partial charge is 0.353 e. The predicted octanol–water partition coefficient (Wildman–Crippen LogP) is 1.72. The molecule has 3 heterocycles. The van der Waals surface area contributed by atoms with Gasteiger partial charge >= 0.3 is 0 Å².